The lowest BCUT2D eigenvalue weighted by Gasteiger charge is -2.25. The Balaban J connectivity index is 2.24. The number of para-hydroxylation sites is 2. The SMILES string of the molecule is CCCCCCNC(=O)Nc1ccccc1N(NC=O)S(=O)(=O)c1ccc(C)cc1. The van der Waals surface area contributed by atoms with Crippen LogP contribution in [0.2, 0.25) is 0 Å². The summed E-state index contributed by atoms with van der Waals surface area (Å²) < 4.78 is 27.0. The number of carbonyl (C=O) groups excluding carboxylic acids is 2. The molecule has 0 aromatic heterocycles. The Labute approximate surface area is 177 Å². The highest BCUT2D eigenvalue weighted by molar-refractivity contribution is 7.92. The van der Waals surface area contributed by atoms with Crippen LogP contribution in [-0.4, -0.2) is 27.4 Å². The van der Waals surface area contributed by atoms with E-state index >= 15 is 0 Å². The quantitative estimate of drug-likeness (QED) is 0.287. The van der Waals surface area contributed by atoms with Crippen LogP contribution >= 0.6 is 0 Å². The topological polar surface area (TPSA) is 108 Å². The van der Waals surface area contributed by atoms with Crippen LogP contribution in [0.5, 0.6) is 0 Å². The third-order valence-electron chi connectivity index (χ3n) is 4.42. The number of anilines is 2. The highest BCUT2D eigenvalue weighted by atomic mass is 32.2. The Morgan fingerprint density at radius 1 is 1.03 bits per heavy atom. The largest absolute Gasteiger partial charge is 0.338 e. The monoisotopic (exact) mass is 432 g/mol. The van der Waals surface area contributed by atoms with Gasteiger partial charge in [0.1, 0.15) is 0 Å². The van der Waals surface area contributed by atoms with E-state index < -0.39 is 16.1 Å². The average Bonchev–Trinajstić information content (AvgIpc) is 2.73. The van der Waals surface area contributed by atoms with Crippen LogP contribution in [0.4, 0.5) is 16.2 Å². The van der Waals surface area contributed by atoms with Crippen molar-refractivity contribution in [2.24, 2.45) is 0 Å². The summed E-state index contributed by atoms with van der Waals surface area (Å²) in [6.45, 7) is 4.48. The standard InChI is InChI=1S/C21H28N4O4S/c1-3-4-5-8-15-22-21(27)24-19-9-6-7-10-20(19)25(23-16-26)30(28,29)18-13-11-17(2)12-14-18/h6-7,9-14,16H,3-5,8,15H2,1-2H3,(H,23,26)(H2,22,24,27). The molecule has 0 unspecified atom stereocenters. The van der Waals surface area contributed by atoms with Crippen molar-refractivity contribution in [3.05, 3.63) is 54.1 Å². The van der Waals surface area contributed by atoms with Gasteiger partial charge in [0.25, 0.3) is 10.0 Å². The van der Waals surface area contributed by atoms with Crippen molar-refractivity contribution >= 4 is 33.8 Å². The first-order valence-electron chi connectivity index (χ1n) is 9.86. The van der Waals surface area contributed by atoms with E-state index in [9.17, 15) is 18.0 Å². The summed E-state index contributed by atoms with van der Waals surface area (Å²) in [6, 6.07) is 12.2. The molecule has 30 heavy (non-hydrogen) atoms. The Kier molecular flexibility index (Phi) is 8.67. The van der Waals surface area contributed by atoms with Crippen LogP contribution in [0.25, 0.3) is 0 Å². The lowest BCUT2D eigenvalue weighted by molar-refractivity contribution is -0.109. The van der Waals surface area contributed by atoms with Crippen molar-refractivity contribution in [1.29, 1.82) is 0 Å². The van der Waals surface area contributed by atoms with E-state index in [0.717, 1.165) is 35.7 Å². The minimum Gasteiger partial charge on any atom is -0.338 e. The number of unbranched alkanes of at least 4 members (excludes halogenated alkanes) is 3. The molecular weight excluding hydrogens is 404 g/mol. The van der Waals surface area contributed by atoms with E-state index in [2.05, 4.69) is 23.0 Å². The second kappa shape index (κ2) is 11.2. The maximum Gasteiger partial charge on any atom is 0.319 e. The molecule has 0 aliphatic rings. The molecule has 0 heterocycles. The van der Waals surface area contributed by atoms with Crippen molar-refractivity contribution in [2.45, 2.75) is 44.4 Å². The summed E-state index contributed by atoms with van der Waals surface area (Å²) in [5.74, 6) is 0. The lowest BCUT2D eigenvalue weighted by Crippen LogP contribution is -2.43. The zero-order chi connectivity index (χ0) is 22.0. The molecule has 0 aliphatic carbocycles. The van der Waals surface area contributed by atoms with Gasteiger partial charge in [0.15, 0.2) is 0 Å². The van der Waals surface area contributed by atoms with Gasteiger partial charge in [0, 0.05) is 6.54 Å². The van der Waals surface area contributed by atoms with Crippen molar-refractivity contribution in [3.63, 3.8) is 0 Å². The van der Waals surface area contributed by atoms with Crippen LogP contribution in [0.1, 0.15) is 38.2 Å². The lowest BCUT2D eigenvalue weighted by atomic mass is 10.2. The fourth-order valence-electron chi connectivity index (χ4n) is 2.81. The van der Waals surface area contributed by atoms with Crippen molar-refractivity contribution in [1.82, 2.24) is 10.7 Å². The first-order valence-corrected chi connectivity index (χ1v) is 11.3. The Hall–Kier alpha value is -3.07. The molecule has 3 N–H and O–H groups in total. The summed E-state index contributed by atoms with van der Waals surface area (Å²) in [4.78, 5) is 23.4. The molecule has 2 rings (SSSR count). The number of sulfonamides is 1. The first-order chi connectivity index (χ1) is 14.4. The number of hydrazine groups is 1. The predicted octanol–water partition coefficient (Wildman–Crippen LogP) is 3.55. The fraction of sp³-hybridized carbons (Fsp3) is 0.333. The molecule has 0 fully saturated rings. The van der Waals surface area contributed by atoms with Gasteiger partial charge in [-0.15, -0.1) is 0 Å². The molecular formula is C21H28N4O4S. The molecule has 0 radical (unpaired) electrons. The van der Waals surface area contributed by atoms with Crippen LogP contribution in [0.3, 0.4) is 0 Å². The number of hydrogen-bond acceptors (Lipinski definition) is 4. The number of hydrogen-bond donors (Lipinski definition) is 3. The van der Waals surface area contributed by atoms with Crippen molar-refractivity contribution < 1.29 is 18.0 Å². The fourth-order valence-corrected chi connectivity index (χ4v) is 4.10. The molecule has 9 heteroatoms. The Morgan fingerprint density at radius 3 is 2.40 bits per heavy atom. The molecule has 3 amide bonds. The zero-order valence-corrected chi connectivity index (χ0v) is 18.0. The van der Waals surface area contributed by atoms with Gasteiger partial charge in [-0.1, -0.05) is 56.0 Å². The number of nitrogens with zero attached hydrogens (tertiary/aromatic N) is 1. The summed E-state index contributed by atoms with van der Waals surface area (Å²) in [5.41, 5.74) is 3.49. The van der Waals surface area contributed by atoms with Crippen LogP contribution < -0.4 is 20.5 Å². The predicted molar refractivity (Wildman–Crippen MR) is 118 cm³/mol. The molecule has 2 aromatic rings. The van der Waals surface area contributed by atoms with Gasteiger partial charge in [-0.2, -0.15) is 12.8 Å². The average molecular weight is 433 g/mol. The molecule has 0 aliphatic heterocycles. The van der Waals surface area contributed by atoms with E-state index in [1.807, 2.05) is 6.92 Å². The van der Waals surface area contributed by atoms with Gasteiger partial charge >= 0.3 is 6.03 Å². The van der Waals surface area contributed by atoms with Gasteiger partial charge in [0.05, 0.1) is 16.3 Å². The van der Waals surface area contributed by atoms with E-state index in [-0.39, 0.29) is 22.7 Å². The number of benzene rings is 2. The van der Waals surface area contributed by atoms with Gasteiger partial charge in [-0.3, -0.25) is 10.2 Å². The molecule has 0 atom stereocenters. The normalized spacial score (nSPS) is 10.9. The first kappa shape index (κ1) is 23.2. The third kappa shape index (κ3) is 6.21. The highest BCUT2D eigenvalue weighted by Gasteiger charge is 2.27. The smallest absolute Gasteiger partial charge is 0.319 e. The van der Waals surface area contributed by atoms with E-state index in [1.165, 1.54) is 18.2 Å². The van der Waals surface area contributed by atoms with Crippen LogP contribution in [0.15, 0.2) is 53.4 Å². The summed E-state index contributed by atoms with van der Waals surface area (Å²) in [7, 11) is -4.10. The van der Waals surface area contributed by atoms with Crippen molar-refractivity contribution in [3.8, 4) is 0 Å². The van der Waals surface area contributed by atoms with Gasteiger partial charge < -0.3 is 10.6 Å². The van der Waals surface area contributed by atoms with Gasteiger partial charge in [-0.05, 0) is 37.6 Å². The number of aryl methyl sites for hydroxylation is 1. The number of urea groups is 1. The number of amides is 3. The molecule has 0 bridgehead atoms. The van der Waals surface area contributed by atoms with Crippen molar-refractivity contribution in [2.75, 3.05) is 16.3 Å². The molecule has 2 aromatic carbocycles. The minimum atomic E-state index is -4.10. The van der Waals surface area contributed by atoms with E-state index in [4.69, 9.17) is 0 Å². The summed E-state index contributed by atoms with van der Waals surface area (Å²) in [5, 5.41) is 5.42. The minimum absolute atomic E-state index is 0.0117. The summed E-state index contributed by atoms with van der Waals surface area (Å²) in [6.07, 6.45) is 4.38. The van der Waals surface area contributed by atoms with Gasteiger partial charge in [-0.25, -0.2) is 4.79 Å². The van der Waals surface area contributed by atoms with Crippen LogP contribution in [0, 0.1) is 6.92 Å². The van der Waals surface area contributed by atoms with Crippen LogP contribution in [-0.2, 0) is 14.8 Å². The molecule has 0 saturated heterocycles. The zero-order valence-electron chi connectivity index (χ0n) is 17.2. The second-order valence-corrected chi connectivity index (χ2v) is 8.57. The number of rotatable bonds is 11. The van der Waals surface area contributed by atoms with E-state index in [0.29, 0.717) is 6.54 Å². The maximum absolute atomic E-state index is 13.1. The number of nitrogens with one attached hydrogen (secondary N) is 3. The Morgan fingerprint density at radius 2 is 1.73 bits per heavy atom. The third-order valence-corrected chi connectivity index (χ3v) is 6.07. The molecule has 162 valence electrons. The molecule has 0 saturated carbocycles. The maximum atomic E-state index is 13.1. The second-order valence-electron chi connectivity index (χ2n) is 6.79. The highest BCUT2D eigenvalue weighted by Crippen LogP contribution is 2.29. The van der Waals surface area contributed by atoms with E-state index in [1.54, 1.807) is 30.3 Å². The Bertz CT molecular complexity index is 946. The summed E-state index contributed by atoms with van der Waals surface area (Å²) >= 11 is 0. The van der Waals surface area contributed by atoms with Gasteiger partial charge in [0.2, 0.25) is 6.41 Å². The molecule has 8 nitrogen and oxygen atoms in total. The number of carbonyl (C=O) groups is 2. The molecule has 0 spiro atoms.